The molecule has 0 radical (unpaired) electrons. The largest absolute Gasteiger partial charge is 0.456 e. The van der Waals surface area contributed by atoms with E-state index in [4.69, 9.17) is 35.7 Å². The van der Waals surface area contributed by atoms with Crippen molar-refractivity contribution in [2.75, 3.05) is 6.54 Å². The summed E-state index contributed by atoms with van der Waals surface area (Å²) in [5.41, 5.74) is -0.657. The first-order valence-corrected chi connectivity index (χ1v) is 12.3. The van der Waals surface area contributed by atoms with Crippen molar-refractivity contribution in [3.63, 3.8) is 0 Å². The fourth-order valence-corrected chi connectivity index (χ4v) is 4.27. The molecular weight excluding hydrogens is 524 g/mol. The smallest absolute Gasteiger partial charge is 0.425 e. The molecule has 4 atom stereocenters. The molecule has 1 fully saturated rings. The monoisotopic (exact) mass is 548 g/mol. The summed E-state index contributed by atoms with van der Waals surface area (Å²) in [4.78, 5) is 48.6. The number of halogens is 1. The molecule has 0 spiro atoms. The lowest BCUT2D eigenvalue weighted by Gasteiger charge is -2.28. The first kappa shape index (κ1) is 27.5. The number of carbonyl (C=O) groups excluding carboxylic acids is 3. The molecule has 1 amide bonds. The van der Waals surface area contributed by atoms with Crippen molar-refractivity contribution in [2.24, 2.45) is 5.14 Å². The lowest BCUT2D eigenvalue weighted by molar-refractivity contribution is -0.165. The van der Waals surface area contributed by atoms with E-state index in [9.17, 15) is 22.8 Å². The van der Waals surface area contributed by atoms with Crippen LogP contribution >= 0.6 is 11.6 Å². The van der Waals surface area contributed by atoms with E-state index in [1.807, 2.05) is 0 Å². The summed E-state index contributed by atoms with van der Waals surface area (Å²) in [6.45, 7) is 6.08. The standard InChI is InChI=1S/C19H25ClN6O9S/c1-9(27)32-13-11(6-26(36(21,30)31)18(29)35-19(3,4)5)34-17(14(13)33-10(2)28)25-8-24-12-15(20)22-7-23-16(12)25/h7-8,11,13-14,17H,6H2,1-5H3,(H2,21,30,31)/t11-,13-,14-,17-/m1/s1. The van der Waals surface area contributed by atoms with Gasteiger partial charge in [-0.1, -0.05) is 11.6 Å². The van der Waals surface area contributed by atoms with Crippen molar-refractivity contribution >= 4 is 51.0 Å². The normalized spacial score (nSPS) is 22.3. The van der Waals surface area contributed by atoms with Gasteiger partial charge in [0.2, 0.25) is 0 Å². The van der Waals surface area contributed by atoms with Gasteiger partial charge in [-0.2, -0.15) is 12.7 Å². The summed E-state index contributed by atoms with van der Waals surface area (Å²) < 4.78 is 48.0. The maximum absolute atomic E-state index is 12.7. The van der Waals surface area contributed by atoms with Crippen LogP contribution < -0.4 is 5.14 Å². The van der Waals surface area contributed by atoms with Crippen molar-refractivity contribution in [1.29, 1.82) is 0 Å². The van der Waals surface area contributed by atoms with Crippen LogP contribution in [0.2, 0.25) is 5.15 Å². The van der Waals surface area contributed by atoms with Gasteiger partial charge >= 0.3 is 28.2 Å². The Morgan fingerprint density at radius 2 is 1.75 bits per heavy atom. The zero-order valence-corrected chi connectivity index (χ0v) is 21.5. The van der Waals surface area contributed by atoms with E-state index in [2.05, 4.69) is 15.0 Å². The molecule has 17 heteroatoms. The van der Waals surface area contributed by atoms with Crippen molar-refractivity contribution in [3.8, 4) is 0 Å². The second kappa shape index (κ2) is 10.1. The minimum atomic E-state index is -4.65. The van der Waals surface area contributed by atoms with Crippen LogP contribution in [0.5, 0.6) is 0 Å². The first-order chi connectivity index (χ1) is 16.6. The lowest BCUT2D eigenvalue weighted by atomic mass is 10.1. The molecule has 36 heavy (non-hydrogen) atoms. The number of hydrogen-bond donors (Lipinski definition) is 1. The van der Waals surface area contributed by atoms with Crippen molar-refractivity contribution in [1.82, 2.24) is 23.8 Å². The molecule has 2 aromatic rings. The highest BCUT2D eigenvalue weighted by molar-refractivity contribution is 7.87. The van der Waals surface area contributed by atoms with E-state index in [-0.39, 0.29) is 20.6 Å². The zero-order valence-electron chi connectivity index (χ0n) is 19.9. The van der Waals surface area contributed by atoms with Crippen LogP contribution in [0.15, 0.2) is 12.7 Å². The molecule has 2 aromatic heterocycles. The Labute approximate surface area is 211 Å². The Balaban J connectivity index is 2.06. The number of hydrogen-bond acceptors (Lipinski definition) is 12. The van der Waals surface area contributed by atoms with Crippen LogP contribution in [0.25, 0.3) is 11.2 Å². The lowest BCUT2D eigenvalue weighted by Crippen LogP contribution is -2.50. The molecule has 0 aliphatic carbocycles. The van der Waals surface area contributed by atoms with Gasteiger partial charge in [0.25, 0.3) is 0 Å². The maximum atomic E-state index is 12.7. The molecule has 1 aliphatic rings. The van der Waals surface area contributed by atoms with Crippen LogP contribution in [-0.2, 0) is 38.7 Å². The summed E-state index contributed by atoms with van der Waals surface area (Å²) >= 11 is 6.07. The van der Waals surface area contributed by atoms with Crippen molar-refractivity contribution in [2.45, 2.75) is 64.8 Å². The molecule has 3 heterocycles. The number of fused-ring (bicyclic) bond motifs is 1. The quantitative estimate of drug-likeness (QED) is 0.301. The summed E-state index contributed by atoms with van der Waals surface area (Å²) in [5.74, 6) is -1.54. The Morgan fingerprint density at radius 3 is 2.31 bits per heavy atom. The van der Waals surface area contributed by atoms with Gasteiger partial charge in [-0.3, -0.25) is 14.2 Å². The van der Waals surface area contributed by atoms with E-state index in [0.717, 1.165) is 13.8 Å². The maximum Gasteiger partial charge on any atom is 0.425 e. The minimum Gasteiger partial charge on any atom is -0.456 e. The fourth-order valence-electron chi connectivity index (χ4n) is 3.50. The SMILES string of the molecule is CC(=O)O[C@@H]1[C@H](OC(C)=O)[C@@H](CN(C(=O)OC(C)(C)C)S(N)(=O)=O)O[C@H]1n1cnc2c(Cl)ncnc21. The third-order valence-corrected chi connectivity index (χ3v) is 5.92. The summed E-state index contributed by atoms with van der Waals surface area (Å²) in [5, 5.41) is 5.30. The van der Waals surface area contributed by atoms with Gasteiger partial charge in [-0.05, 0) is 20.8 Å². The summed E-state index contributed by atoms with van der Waals surface area (Å²) in [6.07, 6.45) is -4.06. The van der Waals surface area contributed by atoms with Gasteiger partial charge in [0.1, 0.15) is 23.5 Å². The third-order valence-electron chi connectivity index (χ3n) is 4.73. The zero-order chi connectivity index (χ0) is 27.0. The fraction of sp³-hybridized carbons (Fsp3) is 0.579. The van der Waals surface area contributed by atoms with E-state index in [0.29, 0.717) is 0 Å². The number of aromatic nitrogens is 4. The molecule has 198 valence electrons. The van der Waals surface area contributed by atoms with E-state index >= 15 is 0 Å². The van der Waals surface area contributed by atoms with Crippen molar-refractivity contribution < 1.29 is 41.7 Å². The minimum absolute atomic E-state index is 0.0409. The number of rotatable bonds is 6. The Bertz CT molecular complexity index is 1280. The molecule has 0 aromatic carbocycles. The molecule has 0 saturated carbocycles. The van der Waals surface area contributed by atoms with E-state index in [1.165, 1.54) is 38.0 Å². The number of imidazole rings is 1. The average Bonchev–Trinajstić information content (AvgIpc) is 3.26. The van der Waals surface area contributed by atoms with Gasteiger partial charge in [-0.25, -0.2) is 24.9 Å². The summed E-state index contributed by atoms with van der Waals surface area (Å²) in [6, 6.07) is 0. The van der Waals surface area contributed by atoms with Crippen molar-refractivity contribution in [3.05, 3.63) is 17.8 Å². The topological polar surface area (TPSA) is 195 Å². The van der Waals surface area contributed by atoms with Crippen LogP contribution in [-0.4, -0.2) is 80.7 Å². The number of carbonyl (C=O) groups is 3. The third kappa shape index (κ3) is 6.18. The number of amides is 1. The molecule has 1 aliphatic heterocycles. The predicted molar refractivity (Wildman–Crippen MR) is 121 cm³/mol. The Morgan fingerprint density at radius 1 is 1.14 bits per heavy atom. The average molecular weight is 549 g/mol. The van der Waals surface area contributed by atoms with Gasteiger partial charge in [-0.15, -0.1) is 0 Å². The molecule has 3 rings (SSSR count). The highest BCUT2D eigenvalue weighted by Gasteiger charge is 2.52. The molecule has 2 N–H and O–H groups in total. The number of nitrogens with zero attached hydrogens (tertiary/aromatic N) is 5. The van der Waals surface area contributed by atoms with Gasteiger partial charge in [0.15, 0.2) is 29.2 Å². The second-order valence-corrected chi connectivity index (χ2v) is 10.6. The van der Waals surface area contributed by atoms with Crippen LogP contribution in [0, 0.1) is 0 Å². The second-order valence-electron chi connectivity index (χ2n) is 8.76. The first-order valence-electron chi connectivity index (χ1n) is 10.4. The summed E-state index contributed by atoms with van der Waals surface area (Å²) in [7, 11) is -4.65. The van der Waals surface area contributed by atoms with Crippen LogP contribution in [0.3, 0.4) is 0 Å². The van der Waals surface area contributed by atoms with Gasteiger partial charge in [0, 0.05) is 13.8 Å². The molecule has 15 nitrogen and oxygen atoms in total. The highest BCUT2D eigenvalue weighted by atomic mass is 35.5. The van der Waals surface area contributed by atoms with Gasteiger partial charge in [0.05, 0.1) is 12.9 Å². The number of nitrogens with two attached hydrogens (primary N) is 1. The Kier molecular flexibility index (Phi) is 7.73. The van der Waals surface area contributed by atoms with E-state index < -0.39 is 64.9 Å². The number of ether oxygens (including phenoxy) is 4. The molecular formula is C19H25ClN6O9S. The molecule has 1 saturated heterocycles. The van der Waals surface area contributed by atoms with E-state index in [1.54, 1.807) is 0 Å². The molecule has 0 unspecified atom stereocenters. The highest BCUT2D eigenvalue weighted by Crippen LogP contribution is 2.36. The van der Waals surface area contributed by atoms with Crippen LogP contribution in [0.1, 0.15) is 40.8 Å². The Hall–Kier alpha value is -3.08. The van der Waals surface area contributed by atoms with Gasteiger partial charge < -0.3 is 18.9 Å². The molecule has 0 bridgehead atoms. The predicted octanol–water partition coefficient (Wildman–Crippen LogP) is 0.681. The van der Waals surface area contributed by atoms with Crippen LogP contribution in [0.4, 0.5) is 4.79 Å². The number of esters is 2.